The highest BCUT2D eigenvalue weighted by atomic mass is 16.7. The molecule has 0 unspecified atom stereocenters. The maximum Gasteiger partial charge on any atom is 0.407 e. The number of esters is 1. The Morgan fingerprint density at radius 1 is 1.04 bits per heavy atom. The van der Waals surface area contributed by atoms with Crippen molar-refractivity contribution in [2.24, 2.45) is 0 Å². The van der Waals surface area contributed by atoms with Gasteiger partial charge in [-0.25, -0.2) is 4.79 Å². The maximum atomic E-state index is 11.8. The van der Waals surface area contributed by atoms with Crippen molar-refractivity contribution < 1.29 is 28.7 Å². The van der Waals surface area contributed by atoms with Gasteiger partial charge in [-0.2, -0.15) is 0 Å². The van der Waals surface area contributed by atoms with Gasteiger partial charge in [0.15, 0.2) is 0 Å². The van der Waals surface area contributed by atoms with E-state index in [4.69, 9.17) is 9.57 Å². The Morgan fingerprint density at radius 2 is 1.72 bits per heavy atom. The monoisotopic (exact) mass is 352 g/mol. The van der Waals surface area contributed by atoms with Gasteiger partial charge in [-0.15, -0.1) is 5.48 Å². The van der Waals surface area contributed by atoms with Crippen LogP contribution in [-0.4, -0.2) is 36.7 Å². The van der Waals surface area contributed by atoms with Crippen LogP contribution in [0.5, 0.6) is 0 Å². The number of benzene rings is 1. The van der Waals surface area contributed by atoms with E-state index in [2.05, 4.69) is 15.5 Å². The average Bonchev–Trinajstić information content (AvgIpc) is 2.53. The second-order valence-electron chi connectivity index (χ2n) is 5.85. The summed E-state index contributed by atoms with van der Waals surface area (Å²) in [6.07, 6.45) is -0.746. The Labute approximate surface area is 146 Å². The predicted molar refractivity (Wildman–Crippen MR) is 89.2 cm³/mol. The second kappa shape index (κ2) is 10.3. The number of rotatable bonds is 9. The van der Waals surface area contributed by atoms with Crippen LogP contribution in [0.2, 0.25) is 0 Å². The van der Waals surface area contributed by atoms with Crippen molar-refractivity contribution in [3.05, 3.63) is 35.9 Å². The molecule has 0 fully saturated rings. The van der Waals surface area contributed by atoms with Crippen molar-refractivity contribution in [3.63, 3.8) is 0 Å². The number of carbonyl (C=O) groups is 3. The zero-order valence-corrected chi connectivity index (χ0v) is 14.7. The third-order valence-electron chi connectivity index (χ3n) is 2.95. The van der Waals surface area contributed by atoms with Gasteiger partial charge in [0, 0.05) is 5.54 Å². The summed E-state index contributed by atoms with van der Waals surface area (Å²) in [6, 6.07) is 9.24. The summed E-state index contributed by atoms with van der Waals surface area (Å²) in [5, 5.41) is 2.60. The molecule has 0 heterocycles. The van der Waals surface area contributed by atoms with E-state index in [1.54, 1.807) is 20.8 Å². The first-order valence-corrected chi connectivity index (χ1v) is 7.89. The number of hydrogen-bond acceptors (Lipinski definition) is 7. The Hall–Kier alpha value is -2.61. The van der Waals surface area contributed by atoms with Gasteiger partial charge in [0.25, 0.3) is 0 Å². The minimum absolute atomic E-state index is 0.108. The fraction of sp³-hybridized carbons (Fsp3) is 0.471. The molecule has 0 aliphatic rings. The van der Waals surface area contributed by atoms with Gasteiger partial charge in [0.05, 0.1) is 13.0 Å². The third-order valence-corrected chi connectivity index (χ3v) is 2.95. The molecule has 8 nitrogen and oxygen atoms in total. The molecule has 8 heteroatoms. The molecule has 0 saturated heterocycles. The lowest BCUT2D eigenvalue weighted by atomic mass is 10.0. The standard InChI is InChI=1S/C17H24N2O6/c1-4-23-15(21)11-18-25-14(20)10-17(2,3)19-16(22)24-12-13-8-6-5-7-9-13/h5-9,18H,4,10-12H2,1-3H3,(H,19,22). The van der Waals surface area contributed by atoms with Crippen molar-refractivity contribution in [2.75, 3.05) is 13.2 Å². The largest absolute Gasteiger partial charge is 0.465 e. The molecule has 0 aromatic heterocycles. The van der Waals surface area contributed by atoms with E-state index in [1.165, 1.54) is 0 Å². The molecule has 0 aliphatic heterocycles. The molecule has 25 heavy (non-hydrogen) atoms. The first-order valence-electron chi connectivity index (χ1n) is 7.89. The molecule has 0 radical (unpaired) electrons. The van der Waals surface area contributed by atoms with E-state index in [0.29, 0.717) is 0 Å². The number of alkyl carbamates (subject to hydrolysis) is 1. The van der Waals surface area contributed by atoms with Crippen LogP contribution in [-0.2, 0) is 30.5 Å². The van der Waals surface area contributed by atoms with Gasteiger partial charge in [0.1, 0.15) is 13.2 Å². The van der Waals surface area contributed by atoms with Crippen LogP contribution < -0.4 is 10.8 Å². The summed E-state index contributed by atoms with van der Waals surface area (Å²) in [5.74, 6) is -1.16. The van der Waals surface area contributed by atoms with Crippen LogP contribution in [0, 0.1) is 0 Å². The summed E-state index contributed by atoms with van der Waals surface area (Å²) in [4.78, 5) is 39.4. The molecule has 1 aromatic carbocycles. The highest BCUT2D eigenvalue weighted by Gasteiger charge is 2.26. The van der Waals surface area contributed by atoms with Crippen LogP contribution in [0.3, 0.4) is 0 Å². The normalized spacial score (nSPS) is 10.7. The summed E-state index contributed by atoms with van der Waals surface area (Å²) in [6.45, 7) is 5.12. The smallest absolute Gasteiger partial charge is 0.407 e. The molecular formula is C17H24N2O6. The number of hydrogen-bond donors (Lipinski definition) is 2. The SMILES string of the molecule is CCOC(=O)CNOC(=O)CC(C)(C)NC(=O)OCc1ccccc1. The van der Waals surface area contributed by atoms with Crippen molar-refractivity contribution in [2.45, 2.75) is 39.3 Å². The highest BCUT2D eigenvalue weighted by Crippen LogP contribution is 2.10. The number of ether oxygens (including phenoxy) is 2. The van der Waals surface area contributed by atoms with Gasteiger partial charge in [0.2, 0.25) is 0 Å². The minimum atomic E-state index is -0.879. The van der Waals surface area contributed by atoms with E-state index in [1.807, 2.05) is 30.3 Å². The zero-order valence-electron chi connectivity index (χ0n) is 14.7. The fourth-order valence-corrected chi connectivity index (χ4v) is 1.86. The van der Waals surface area contributed by atoms with E-state index in [-0.39, 0.29) is 26.2 Å². The molecule has 2 N–H and O–H groups in total. The maximum absolute atomic E-state index is 11.8. The van der Waals surface area contributed by atoms with Crippen molar-refractivity contribution in [3.8, 4) is 0 Å². The van der Waals surface area contributed by atoms with Gasteiger partial charge in [-0.05, 0) is 26.3 Å². The van der Waals surface area contributed by atoms with E-state index < -0.39 is 23.6 Å². The second-order valence-corrected chi connectivity index (χ2v) is 5.85. The molecule has 0 atom stereocenters. The van der Waals surface area contributed by atoms with Crippen molar-refractivity contribution in [1.82, 2.24) is 10.8 Å². The molecule has 0 saturated carbocycles. The first-order chi connectivity index (χ1) is 11.8. The fourth-order valence-electron chi connectivity index (χ4n) is 1.86. The summed E-state index contributed by atoms with van der Waals surface area (Å²) >= 11 is 0. The number of carbonyl (C=O) groups excluding carboxylic acids is 3. The topological polar surface area (TPSA) is 103 Å². The summed E-state index contributed by atoms with van der Waals surface area (Å²) in [5.41, 5.74) is 2.21. The lowest BCUT2D eigenvalue weighted by molar-refractivity contribution is -0.156. The minimum Gasteiger partial charge on any atom is -0.465 e. The first kappa shape index (κ1) is 20.4. The quantitative estimate of drug-likeness (QED) is 0.396. The van der Waals surface area contributed by atoms with Crippen LogP contribution in [0.25, 0.3) is 0 Å². The van der Waals surface area contributed by atoms with E-state index in [0.717, 1.165) is 5.56 Å². The van der Waals surface area contributed by atoms with Gasteiger partial charge < -0.3 is 19.6 Å². The van der Waals surface area contributed by atoms with E-state index in [9.17, 15) is 14.4 Å². The highest BCUT2D eigenvalue weighted by molar-refractivity contribution is 5.74. The average molecular weight is 352 g/mol. The Morgan fingerprint density at radius 3 is 2.36 bits per heavy atom. The number of amides is 1. The molecule has 0 spiro atoms. The lowest BCUT2D eigenvalue weighted by Crippen LogP contribution is -2.46. The van der Waals surface area contributed by atoms with E-state index >= 15 is 0 Å². The molecule has 1 amide bonds. The molecule has 1 aromatic rings. The predicted octanol–water partition coefficient (Wildman–Crippen LogP) is 1.69. The molecule has 0 bridgehead atoms. The van der Waals surface area contributed by atoms with Crippen LogP contribution >= 0.6 is 0 Å². The van der Waals surface area contributed by atoms with Gasteiger partial charge in [-0.1, -0.05) is 30.3 Å². The Balaban J connectivity index is 2.30. The van der Waals surface area contributed by atoms with Crippen molar-refractivity contribution >= 4 is 18.0 Å². The molecule has 0 aliphatic carbocycles. The summed E-state index contributed by atoms with van der Waals surface area (Å²) in [7, 11) is 0. The number of nitrogens with one attached hydrogen (secondary N) is 2. The van der Waals surface area contributed by atoms with Crippen LogP contribution in [0.4, 0.5) is 4.79 Å². The molecule has 138 valence electrons. The molecule has 1 rings (SSSR count). The summed E-state index contributed by atoms with van der Waals surface area (Å²) < 4.78 is 9.78. The van der Waals surface area contributed by atoms with Gasteiger partial charge in [-0.3, -0.25) is 9.59 Å². The number of hydroxylamine groups is 1. The van der Waals surface area contributed by atoms with Crippen LogP contribution in [0.1, 0.15) is 32.8 Å². The third kappa shape index (κ3) is 9.31. The zero-order chi connectivity index (χ0) is 18.7. The lowest BCUT2D eigenvalue weighted by Gasteiger charge is -2.24. The van der Waals surface area contributed by atoms with Crippen LogP contribution in [0.15, 0.2) is 30.3 Å². The van der Waals surface area contributed by atoms with Gasteiger partial charge >= 0.3 is 18.0 Å². The Bertz CT molecular complexity index is 574. The molecular weight excluding hydrogens is 328 g/mol. The Kier molecular flexibility index (Phi) is 8.42. The van der Waals surface area contributed by atoms with Crippen molar-refractivity contribution in [1.29, 1.82) is 0 Å².